The number of hydrogen-bond donors (Lipinski definition) is 0. The van der Waals surface area contributed by atoms with Crippen molar-refractivity contribution in [2.75, 3.05) is 13.7 Å². The SMILES string of the molecule is COC(=O)c1ccnn1C[C@@H]1CCCN1C(=O)OC(C)(C)C. The third kappa shape index (κ3) is 3.78. The number of nitrogens with zero attached hydrogens (tertiary/aromatic N) is 3. The third-order valence-corrected chi connectivity index (χ3v) is 3.50. The number of likely N-dealkylation sites (tertiary alicyclic amines) is 1. The fourth-order valence-electron chi connectivity index (χ4n) is 2.54. The van der Waals surface area contributed by atoms with Crippen LogP contribution in [0.5, 0.6) is 0 Å². The van der Waals surface area contributed by atoms with Gasteiger partial charge in [-0.3, -0.25) is 4.68 Å². The summed E-state index contributed by atoms with van der Waals surface area (Å²) in [6.45, 7) is 6.65. The van der Waals surface area contributed by atoms with Gasteiger partial charge in [0.05, 0.1) is 19.7 Å². The second-order valence-corrected chi connectivity index (χ2v) is 6.36. The summed E-state index contributed by atoms with van der Waals surface area (Å²) in [5, 5.41) is 4.15. The van der Waals surface area contributed by atoms with Crippen LogP contribution in [0.1, 0.15) is 44.1 Å². The summed E-state index contributed by atoms with van der Waals surface area (Å²) in [5.41, 5.74) is -0.133. The van der Waals surface area contributed by atoms with Gasteiger partial charge >= 0.3 is 12.1 Å². The van der Waals surface area contributed by atoms with E-state index in [2.05, 4.69) is 5.10 Å². The fourth-order valence-corrected chi connectivity index (χ4v) is 2.54. The number of methoxy groups -OCH3 is 1. The van der Waals surface area contributed by atoms with Gasteiger partial charge in [-0.05, 0) is 39.7 Å². The molecule has 122 valence electrons. The van der Waals surface area contributed by atoms with E-state index in [0.717, 1.165) is 12.8 Å². The highest BCUT2D eigenvalue weighted by Crippen LogP contribution is 2.22. The summed E-state index contributed by atoms with van der Waals surface area (Å²) in [6, 6.07) is 1.58. The van der Waals surface area contributed by atoms with Crippen molar-refractivity contribution < 1.29 is 19.1 Å². The van der Waals surface area contributed by atoms with Gasteiger partial charge in [-0.2, -0.15) is 5.10 Å². The maximum Gasteiger partial charge on any atom is 0.410 e. The van der Waals surface area contributed by atoms with Crippen LogP contribution in [0.25, 0.3) is 0 Å². The maximum atomic E-state index is 12.3. The number of hydrogen-bond acceptors (Lipinski definition) is 5. The van der Waals surface area contributed by atoms with E-state index < -0.39 is 11.6 Å². The molecule has 0 N–H and O–H groups in total. The van der Waals surface area contributed by atoms with Crippen LogP contribution in [0.3, 0.4) is 0 Å². The number of carbonyl (C=O) groups excluding carboxylic acids is 2. The van der Waals surface area contributed by atoms with Crippen LogP contribution in [-0.4, -0.2) is 52.0 Å². The van der Waals surface area contributed by atoms with Gasteiger partial charge in [0.2, 0.25) is 0 Å². The first-order chi connectivity index (χ1) is 10.3. The molecule has 0 spiro atoms. The van der Waals surface area contributed by atoms with Crippen molar-refractivity contribution in [1.29, 1.82) is 0 Å². The minimum Gasteiger partial charge on any atom is -0.464 e. The lowest BCUT2D eigenvalue weighted by atomic mass is 10.2. The molecule has 0 saturated carbocycles. The number of aromatic nitrogens is 2. The van der Waals surface area contributed by atoms with Gasteiger partial charge in [0, 0.05) is 12.7 Å². The number of amides is 1. The van der Waals surface area contributed by atoms with E-state index in [9.17, 15) is 9.59 Å². The average molecular weight is 309 g/mol. The minimum atomic E-state index is -0.521. The zero-order chi connectivity index (χ0) is 16.3. The third-order valence-electron chi connectivity index (χ3n) is 3.50. The van der Waals surface area contributed by atoms with Gasteiger partial charge in [-0.15, -0.1) is 0 Å². The van der Waals surface area contributed by atoms with E-state index in [1.54, 1.807) is 21.8 Å². The van der Waals surface area contributed by atoms with E-state index in [-0.39, 0.29) is 12.1 Å². The van der Waals surface area contributed by atoms with Crippen LogP contribution in [0.15, 0.2) is 12.3 Å². The Kier molecular flexibility index (Phi) is 4.73. The Labute approximate surface area is 130 Å². The van der Waals surface area contributed by atoms with Crippen molar-refractivity contribution in [3.63, 3.8) is 0 Å². The highest BCUT2D eigenvalue weighted by molar-refractivity contribution is 5.87. The average Bonchev–Trinajstić information content (AvgIpc) is 3.05. The zero-order valence-corrected chi connectivity index (χ0v) is 13.5. The summed E-state index contributed by atoms with van der Waals surface area (Å²) < 4.78 is 11.8. The Morgan fingerprint density at radius 1 is 1.41 bits per heavy atom. The molecule has 2 rings (SSSR count). The van der Waals surface area contributed by atoms with E-state index in [1.165, 1.54) is 7.11 Å². The molecule has 1 fully saturated rings. The molecule has 2 heterocycles. The van der Waals surface area contributed by atoms with Crippen molar-refractivity contribution in [2.24, 2.45) is 0 Å². The van der Waals surface area contributed by atoms with Crippen molar-refractivity contribution in [1.82, 2.24) is 14.7 Å². The minimum absolute atomic E-state index is 0.0295. The van der Waals surface area contributed by atoms with Gasteiger partial charge in [0.1, 0.15) is 11.3 Å². The lowest BCUT2D eigenvalue weighted by Crippen LogP contribution is -2.42. The van der Waals surface area contributed by atoms with E-state index in [4.69, 9.17) is 9.47 Å². The Morgan fingerprint density at radius 3 is 2.77 bits per heavy atom. The summed E-state index contributed by atoms with van der Waals surface area (Å²) in [4.78, 5) is 25.7. The molecular weight excluding hydrogens is 286 g/mol. The summed E-state index contributed by atoms with van der Waals surface area (Å²) in [7, 11) is 1.34. The number of rotatable bonds is 3. The Bertz CT molecular complexity index is 547. The summed E-state index contributed by atoms with van der Waals surface area (Å²) in [6.07, 6.45) is 3.01. The molecule has 1 aliphatic rings. The quantitative estimate of drug-likeness (QED) is 0.799. The molecule has 1 aliphatic heterocycles. The molecule has 1 aromatic heterocycles. The van der Waals surface area contributed by atoms with Crippen LogP contribution in [-0.2, 0) is 16.0 Å². The van der Waals surface area contributed by atoms with Gasteiger partial charge in [0.15, 0.2) is 0 Å². The summed E-state index contributed by atoms with van der Waals surface area (Å²) in [5.74, 6) is -0.431. The molecular formula is C15H23N3O4. The monoisotopic (exact) mass is 309 g/mol. The second-order valence-electron chi connectivity index (χ2n) is 6.36. The Hall–Kier alpha value is -2.05. The highest BCUT2D eigenvalue weighted by Gasteiger charge is 2.33. The van der Waals surface area contributed by atoms with Crippen LogP contribution in [0.2, 0.25) is 0 Å². The van der Waals surface area contributed by atoms with E-state index in [1.807, 2.05) is 20.8 Å². The van der Waals surface area contributed by atoms with Gasteiger partial charge in [-0.1, -0.05) is 0 Å². The molecule has 0 unspecified atom stereocenters. The van der Waals surface area contributed by atoms with Crippen LogP contribution in [0, 0.1) is 0 Å². The zero-order valence-electron chi connectivity index (χ0n) is 13.5. The summed E-state index contributed by atoms with van der Waals surface area (Å²) >= 11 is 0. The second kappa shape index (κ2) is 6.37. The Morgan fingerprint density at radius 2 is 2.14 bits per heavy atom. The predicted molar refractivity (Wildman–Crippen MR) is 79.5 cm³/mol. The fraction of sp³-hybridized carbons (Fsp3) is 0.667. The first-order valence-electron chi connectivity index (χ1n) is 7.41. The molecule has 7 heteroatoms. The molecule has 0 aromatic carbocycles. The van der Waals surface area contributed by atoms with Crippen LogP contribution in [0.4, 0.5) is 4.79 Å². The van der Waals surface area contributed by atoms with Crippen molar-refractivity contribution >= 4 is 12.1 Å². The number of ether oxygens (including phenoxy) is 2. The molecule has 0 radical (unpaired) electrons. The molecule has 1 saturated heterocycles. The maximum absolute atomic E-state index is 12.3. The van der Waals surface area contributed by atoms with Gasteiger partial charge in [0.25, 0.3) is 0 Å². The molecule has 1 aromatic rings. The molecule has 22 heavy (non-hydrogen) atoms. The highest BCUT2D eigenvalue weighted by atomic mass is 16.6. The van der Waals surface area contributed by atoms with Crippen LogP contribution >= 0.6 is 0 Å². The lowest BCUT2D eigenvalue weighted by molar-refractivity contribution is 0.0211. The molecule has 1 atom stereocenters. The molecule has 7 nitrogen and oxygen atoms in total. The van der Waals surface area contributed by atoms with E-state index in [0.29, 0.717) is 18.8 Å². The first-order valence-corrected chi connectivity index (χ1v) is 7.41. The first kappa shape index (κ1) is 16.3. The topological polar surface area (TPSA) is 73.7 Å². The van der Waals surface area contributed by atoms with Gasteiger partial charge in [-0.25, -0.2) is 9.59 Å². The molecule has 0 aliphatic carbocycles. The molecule has 0 bridgehead atoms. The lowest BCUT2D eigenvalue weighted by Gasteiger charge is -2.28. The van der Waals surface area contributed by atoms with Gasteiger partial charge < -0.3 is 14.4 Å². The van der Waals surface area contributed by atoms with E-state index >= 15 is 0 Å². The smallest absolute Gasteiger partial charge is 0.410 e. The number of esters is 1. The Balaban J connectivity index is 2.07. The van der Waals surface area contributed by atoms with Crippen molar-refractivity contribution in [2.45, 2.75) is 51.8 Å². The van der Waals surface area contributed by atoms with Crippen LogP contribution < -0.4 is 0 Å². The van der Waals surface area contributed by atoms with Crippen molar-refractivity contribution in [3.05, 3.63) is 18.0 Å². The largest absolute Gasteiger partial charge is 0.464 e. The predicted octanol–water partition coefficient (Wildman–Crippen LogP) is 2.07. The number of carbonyl (C=O) groups is 2. The standard InChI is InChI=1S/C15H23N3O4/c1-15(2,3)22-14(20)17-9-5-6-11(17)10-18-12(7-8-16-18)13(19)21-4/h7-8,11H,5-6,9-10H2,1-4H3/t11-/m0/s1. The van der Waals surface area contributed by atoms with Crippen molar-refractivity contribution in [3.8, 4) is 0 Å². The molecule has 1 amide bonds. The normalized spacial score (nSPS) is 18.4.